The Hall–Kier alpha value is -2.42. The second-order valence-electron chi connectivity index (χ2n) is 4.61. The van der Waals surface area contributed by atoms with Gasteiger partial charge in [0.2, 0.25) is 5.91 Å². The third kappa shape index (κ3) is 4.07. The largest absolute Gasteiger partial charge is 0.453 e. The van der Waals surface area contributed by atoms with Gasteiger partial charge in [-0.2, -0.15) is 0 Å². The molecule has 0 saturated heterocycles. The number of carbonyl (C=O) groups excluding carboxylic acids is 2. The Kier molecular flexibility index (Phi) is 5.32. The van der Waals surface area contributed by atoms with Crippen LogP contribution in [0.2, 0.25) is 0 Å². The number of carbonyl (C=O) groups is 2. The summed E-state index contributed by atoms with van der Waals surface area (Å²) in [6.45, 7) is 1.63. The highest BCUT2D eigenvalue weighted by Gasteiger charge is 2.21. The zero-order valence-electron chi connectivity index (χ0n) is 12.7. The molecule has 1 heterocycles. The number of ether oxygens (including phenoxy) is 1. The molecule has 0 bridgehead atoms. The average molecular weight is 338 g/mol. The first-order chi connectivity index (χ1) is 10.9. The van der Waals surface area contributed by atoms with Gasteiger partial charge < -0.3 is 9.30 Å². The fourth-order valence-corrected chi connectivity index (χ4v) is 2.55. The summed E-state index contributed by atoms with van der Waals surface area (Å²) in [4.78, 5) is 22.8. The van der Waals surface area contributed by atoms with Crippen molar-refractivity contribution in [3.63, 3.8) is 0 Å². The average Bonchev–Trinajstić information content (AvgIpc) is 2.89. The van der Waals surface area contributed by atoms with Crippen molar-refractivity contribution in [2.75, 3.05) is 7.11 Å². The fraction of sp³-hybridized carbons (Fsp3) is 0.286. The lowest BCUT2D eigenvalue weighted by molar-refractivity contribution is -0.119. The molecule has 122 valence electrons. The van der Waals surface area contributed by atoms with E-state index in [2.05, 4.69) is 20.3 Å². The third-order valence-corrected chi connectivity index (χ3v) is 4.13. The Morgan fingerprint density at radius 3 is 2.57 bits per heavy atom. The number of thioether (sulfide) groups is 1. The molecule has 0 saturated carbocycles. The van der Waals surface area contributed by atoms with Crippen LogP contribution >= 0.6 is 11.8 Å². The smallest absolute Gasteiger partial charge is 0.413 e. The van der Waals surface area contributed by atoms with Crippen molar-refractivity contribution in [1.82, 2.24) is 20.1 Å². The molecule has 0 unspecified atom stereocenters. The molecule has 1 aromatic carbocycles. The van der Waals surface area contributed by atoms with Crippen LogP contribution in [0.4, 0.5) is 9.18 Å². The van der Waals surface area contributed by atoms with Gasteiger partial charge in [0.05, 0.1) is 12.4 Å². The van der Waals surface area contributed by atoms with E-state index in [0.29, 0.717) is 16.5 Å². The van der Waals surface area contributed by atoms with Gasteiger partial charge in [0.15, 0.2) is 11.0 Å². The van der Waals surface area contributed by atoms with Gasteiger partial charge in [-0.1, -0.05) is 11.8 Å². The van der Waals surface area contributed by atoms with Crippen molar-refractivity contribution in [2.45, 2.75) is 17.3 Å². The molecule has 1 aromatic heterocycles. The Labute approximate surface area is 136 Å². The normalized spacial score (nSPS) is 11.8. The fourth-order valence-electron chi connectivity index (χ4n) is 1.73. The predicted molar refractivity (Wildman–Crippen MR) is 82.3 cm³/mol. The van der Waals surface area contributed by atoms with Gasteiger partial charge >= 0.3 is 6.09 Å². The second kappa shape index (κ2) is 7.23. The Balaban J connectivity index is 2.11. The third-order valence-electron chi connectivity index (χ3n) is 3.00. The molecule has 2 rings (SSSR count). The van der Waals surface area contributed by atoms with Crippen LogP contribution in [-0.4, -0.2) is 39.1 Å². The summed E-state index contributed by atoms with van der Waals surface area (Å²) >= 11 is 1.14. The summed E-state index contributed by atoms with van der Waals surface area (Å²) in [7, 11) is 2.92. The number of hydrogen-bond donors (Lipinski definition) is 1. The van der Waals surface area contributed by atoms with Crippen LogP contribution in [-0.2, 0) is 16.6 Å². The summed E-state index contributed by atoms with van der Waals surface area (Å²) in [5.74, 6) is -0.278. The molecule has 1 atom stereocenters. The lowest BCUT2D eigenvalue weighted by Gasteiger charge is -2.10. The molecule has 0 aliphatic carbocycles. The zero-order chi connectivity index (χ0) is 17.0. The SMILES string of the molecule is COC(=O)NC(=O)[C@H](C)Sc1nnc(-c2ccc(F)cc2)n1C. The minimum absolute atomic E-state index is 0.335. The summed E-state index contributed by atoms with van der Waals surface area (Å²) in [6.07, 6.45) is -0.813. The van der Waals surface area contributed by atoms with Crippen molar-refractivity contribution in [3.05, 3.63) is 30.1 Å². The highest BCUT2D eigenvalue weighted by atomic mass is 32.2. The van der Waals surface area contributed by atoms with E-state index in [1.165, 1.54) is 19.2 Å². The van der Waals surface area contributed by atoms with E-state index >= 15 is 0 Å². The van der Waals surface area contributed by atoms with E-state index in [0.717, 1.165) is 11.8 Å². The van der Waals surface area contributed by atoms with Gasteiger partial charge in [0, 0.05) is 12.6 Å². The minimum atomic E-state index is -0.813. The van der Waals surface area contributed by atoms with Crippen molar-refractivity contribution >= 4 is 23.8 Å². The van der Waals surface area contributed by atoms with Gasteiger partial charge in [-0.05, 0) is 31.2 Å². The summed E-state index contributed by atoms with van der Waals surface area (Å²) in [5.41, 5.74) is 0.708. The van der Waals surface area contributed by atoms with Crippen LogP contribution in [0.15, 0.2) is 29.4 Å². The lowest BCUT2D eigenvalue weighted by atomic mass is 10.2. The number of methoxy groups -OCH3 is 1. The second-order valence-corrected chi connectivity index (χ2v) is 5.92. The molecule has 0 spiro atoms. The first-order valence-electron chi connectivity index (χ1n) is 6.63. The number of rotatable bonds is 4. The quantitative estimate of drug-likeness (QED) is 0.858. The van der Waals surface area contributed by atoms with E-state index in [1.807, 2.05) is 0 Å². The van der Waals surface area contributed by atoms with Gasteiger partial charge in [-0.25, -0.2) is 9.18 Å². The highest BCUT2D eigenvalue weighted by Crippen LogP contribution is 2.25. The van der Waals surface area contributed by atoms with Crippen molar-refractivity contribution in [1.29, 1.82) is 0 Å². The minimum Gasteiger partial charge on any atom is -0.453 e. The Bertz CT molecular complexity index is 717. The number of benzene rings is 1. The maximum Gasteiger partial charge on any atom is 0.413 e. The molecule has 0 aliphatic heterocycles. The van der Waals surface area contributed by atoms with Gasteiger partial charge in [0.1, 0.15) is 5.82 Å². The van der Waals surface area contributed by atoms with Crippen LogP contribution in [0.3, 0.4) is 0 Å². The number of nitrogens with zero attached hydrogens (tertiary/aromatic N) is 3. The number of aromatic nitrogens is 3. The number of nitrogens with one attached hydrogen (secondary N) is 1. The summed E-state index contributed by atoms with van der Waals surface area (Å²) in [5, 5.41) is 10.1. The highest BCUT2D eigenvalue weighted by molar-refractivity contribution is 8.00. The zero-order valence-corrected chi connectivity index (χ0v) is 13.6. The number of amides is 2. The first kappa shape index (κ1) is 16.9. The number of hydrogen-bond acceptors (Lipinski definition) is 6. The van der Waals surface area contributed by atoms with Crippen LogP contribution in [0.5, 0.6) is 0 Å². The molecule has 0 fully saturated rings. The van der Waals surface area contributed by atoms with E-state index < -0.39 is 17.3 Å². The van der Waals surface area contributed by atoms with Crippen LogP contribution in [0, 0.1) is 5.82 Å². The van der Waals surface area contributed by atoms with Crippen molar-refractivity contribution in [3.8, 4) is 11.4 Å². The van der Waals surface area contributed by atoms with Crippen LogP contribution in [0.1, 0.15) is 6.92 Å². The van der Waals surface area contributed by atoms with Gasteiger partial charge in [0.25, 0.3) is 0 Å². The molecule has 2 aromatic rings. The first-order valence-corrected chi connectivity index (χ1v) is 7.51. The molecular formula is C14H15FN4O3S. The molecule has 9 heteroatoms. The lowest BCUT2D eigenvalue weighted by Crippen LogP contribution is -2.35. The number of imide groups is 1. The van der Waals surface area contributed by atoms with Crippen molar-refractivity contribution < 1.29 is 18.7 Å². The van der Waals surface area contributed by atoms with Crippen LogP contribution in [0.25, 0.3) is 11.4 Å². The predicted octanol–water partition coefficient (Wildman–Crippen LogP) is 1.98. The van der Waals surface area contributed by atoms with E-state index in [1.54, 1.807) is 30.7 Å². The van der Waals surface area contributed by atoms with E-state index in [9.17, 15) is 14.0 Å². The molecule has 2 amide bonds. The maximum absolute atomic E-state index is 13.0. The van der Waals surface area contributed by atoms with E-state index in [-0.39, 0.29) is 5.82 Å². The molecule has 0 aliphatic rings. The van der Waals surface area contributed by atoms with Gasteiger partial charge in [-0.3, -0.25) is 10.1 Å². The monoisotopic (exact) mass is 338 g/mol. The standard InChI is InChI=1S/C14H15FN4O3S/c1-8(12(20)16-14(21)22-3)23-13-18-17-11(19(13)2)9-4-6-10(15)7-5-9/h4-8H,1-3H3,(H,16,20,21)/t8-/m0/s1. The number of halogens is 1. The Morgan fingerprint density at radius 2 is 1.96 bits per heavy atom. The molecule has 1 N–H and O–H groups in total. The summed E-state index contributed by atoms with van der Waals surface area (Å²) < 4.78 is 19.0. The molecule has 23 heavy (non-hydrogen) atoms. The van der Waals surface area contributed by atoms with Crippen LogP contribution < -0.4 is 5.32 Å². The topological polar surface area (TPSA) is 86.1 Å². The molecule has 0 radical (unpaired) electrons. The number of alkyl carbamates (subject to hydrolysis) is 1. The maximum atomic E-state index is 13.0. The Morgan fingerprint density at radius 1 is 1.30 bits per heavy atom. The molecule has 7 nitrogen and oxygen atoms in total. The van der Waals surface area contributed by atoms with E-state index in [4.69, 9.17) is 0 Å². The summed E-state index contributed by atoms with van der Waals surface area (Å²) in [6, 6.07) is 5.87. The van der Waals surface area contributed by atoms with Crippen molar-refractivity contribution in [2.24, 2.45) is 7.05 Å². The van der Waals surface area contributed by atoms with Gasteiger partial charge in [-0.15, -0.1) is 10.2 Å². The molecular weight excluding hydrogens is 323 g/mol.